The number of halogens is 1. The van der Waals surface area contributed by atoms with E-state index in [1.807, 2.05) is 13.8 Å². The zero-order chi connectivity index (χ0) is 15.7. The second-order valence-electron chi connectivity index (χ2n) is 4.44. The molecule has 0 unspecified atom stereocenters. The van der Waals surface area contributed by atoms with Crippen LogP contribution in [0.4, 0.5) is 5.69 Å². The molecule has 112 valence electrons. The first kappa shape index (κ1) is 15.2. The zero-order valence-corrected chi connectivity index (χ0v) is 13.0. The highest BCUT2D eigenvalue weighted by Gasteiger charge is 2.21. The number of carboxylic acid groups (broad SMARTS) is 1. The number of aromatic carboxylic acids is 1. The first-order chi connectivity index (χ1) is 9.85. The van der Waals surface area contributed by atoms with Crippen molar-refractivity contribution in [1.82, 2.24) is 14.3 Å². The van der Waals surface area contributed by atoms with Gasteiger partial charge in [0.2, 0.25) is 0 Å². The van der Waals surface area contributed by atoms with Gasteiger partial charge in [0.1, 0.15) is 5.69 Å². The highest BCUT2D eigenvalue weighted by atomic mass is 79.9. The molecular weight excluding hydrogens is 344 g/mol. The van der Waals surface area contributed by atoms with Gasteiger partial charge in [-0.2, -0.15) is 5.10 Å². The Bertz CT molecular complexity index is 719. The largest absolute Gasteiger partial charge is 0.477 e. The highest BCUT2D eigenvalue weighted by molar-refractivity contribution is 9.10. The molecule has 0 radical (unpaired) electrons. The van der Waals surface area contributed by atoms with Crippen molar-refractivity contribution in [3.63, 3.8) is 0 Å². The summed E-state index contributed by atoms with van der Waals surface area (Å²) in [6, 6.07) is 1.05. The van der Waals surface area contributed by atoms with E-state index >= 15 is 0 Å². The standard InChI is InChI=1S/C12H13BrN4O4/c1-3-16-10(11(13)7(2)14-16)6-15-5-8(17(20)21)4-9(15)12(18)19/h4-5H,3,6H2,1-2H3,(H,18,19). The first-order valence-electron chi connectivity index (χ1n) is 6.14. The monoisotopic (exact) mass is 356 g/mol. The third-order valence-corrected chi connectivity index (χ3v) is 4.12. The molecule has 0 amide bonds. The summed E-state index contributed by atoms with van der Waals surface area (Å²) in [5, 5.41) is 24.3. The Balaban J connectivity index is 2.48. The van der Waals surface area contributed by atoms with Crippen LogP contribution in [0.25, 0.3) is 0 Å². The lowest BCUT2D eigenvalue weighted by Crippen LogP contribution is -2.12. The van der Waals surface area contributed by atoms with Gasteiger partial charge in [0, 0.05) is 12.6 Å². The Morgan fingerprint density at radius 1 is 1.57 bits per heavy atom. The van der Waals surface area contributed by atoms with Gasteiger partial charge in [-0.1, -0.05) is 0 Å². The van der Waals surface area contributed by atoms with E-state index in [0.29, 0.717) is 6.54 Å². The van der Waals surface area contributed by atoms with Gasteiger partial charge in [-0.3, -0.25) is 14.8 Å². The molecule has 21 heavy (non-hydrogen) atoms. The quantitative estimate of drug-likeness (QED) is 0.654. The predicted octanol–water partition coefficient (Wildman–Crippen LogP) is 2.43. The van der Waals surface area contributed by atoms with Crippen LogP contribution in [0.15, 0.2) is 16.7 Å². The van der Waals surface area contributed by atoms with Crippen molar-refractivity contribution in [3.8, 4) is 0 Å². The second-order valence-corrected chi connectivity index (χ2v) is 5.23. The fourth-order valence-electron chi connectivity index (χ4n) is 2.09. The average Bonchev–Trinajstić information content (AvgIpc) is 2.95. The summed E-state index contributed by atoms with van der Waals surface area (Å²) in [7, 11) is 0. The van der Waals surface area contributed by atoms with Crippen LogP contribution in [-0.4, -0.2) is 30.3 Å². The average molecular weight is 357 g/mol. The molecule has 2 heterocycles. The van der Waals surface area contributed by atoms with E-state index in [-0.39, 0.29) is 17.9 Å². The summed E-state index contributed by atoms with van der Waals surface area (Å²) in [6.45, 7) is 4.55. The van der Waals surface area contributed by atoms with E-state index in [1.54, 1.807) is 4.68 Å². The molecule has 9 heteroatoms. The van der Waals surface area contributed by atoms with Crippen LogP contribution in [0.5, 0.6) is 0 Å². The van der Waals surface area contributed by atoms with Crippen LogP contribution in [0.2, 0.25) is 0 Å². The van der Waals surface area contributed by atoms with Crippen LogP contribution in [0.3, 0.4) is 0 Å². The number of aryl methyl sites for hydroxylation is 2. The summed E-state index contributed by atoms with van der Waals surface area (Å²) < 4.78 is 3.85. The number of nitro groups is 1. The van der Waals surface area contributed by atoms with Gasteiger partial charge in [-0.05, 0) is 29.8 Å². The molecule has 0 aliphatic carbocycles. The van der Waals surface area contributed by atoms with Crippen molar-refractivity contribution in [3.05, 3.63) is 43.9 Å². The molecule has 1 N–H and O–H groups in total. The lowest BCUT2D eigenvalue weighted by Gasteiger charge is -2.08. The van der Waals surface area contributed by atoms with Crippen LogP contribution in [0, 0.1) is 17.0 Å². The molecule has 0 aliphatic heterocycles. The minimum absolute atomic E-state index is 0.130. The van der Waals surface area contributed by atoms with Crippen molar-refractivity contribution < 1.29 is 14.8 Å². The van der Waals surface area contributed by atoms with Gasteiger partial charge in [0.25, 0.3) is 5.69 Å². The normalized spacial score (nSPS) is 10.8. The minimum atomic E-state index is -1.21. The molecule has 0 fully saturated rings. The number of nitrogens with zero attached hydrogens (tertiary/aromatic N) is 4. The van der Waals surface area contributed by atoms with Crippen molar-refractivity contribution in [2.24, 2.45) is 0 Å². The van der Waals surface area contributed by atoms with Gasteiger partial charge in [-0.15, -0.1) is 0 Å². The van der Waals surface area contributed by atoms with Crippen molar-refractivity contribution in [2.45, 2.75) is 26.9 Å². The Labute approximate surface area is 128 Å². The maximum atomic E-state index is 11.2. The Hall–Kier alpha value is -2.16. The van der Waals surface area contributed by atoms with E-state index in [4.69, 9.17) is 5.11 Å². The molecule has 0 saturated carbocycles. The number of hydrogen-bond donors (Lipinski definition) is 1. The molecule has 8 nitrogen and oxygen atoms in total. The van der Waals surface area contributed by atoms with Gasteiger partial charge >= 0.3 is 5.97 Å². The molecule has 0 spiro atoms. The number of aromatic nitrogens is 3. The molecule has 0 bridgehead atoms. The lowest BCUT2D eigenvalue weighted by molar-refractivity contribution is -0.384. The van der Waals surface area contributed by atoms with Crippen LogP contribution >= 0.6 is 15.9 Å². The van der Waals surface area contributed by atoms with Gasteiger partial charge in [-0.25, -0.2) is 4.79 Å². The van der Waals surface area contributed by atoms with E-state index in [2.05, 4.69) is 21.0 Å². The first-order valence-corrected chi connectivity index (χ1v) is 6.94. The highest BCUT2D eigenvalue weighted by Crippen LogP contribution is 2.24. The van der Waals surface area contributed by atoms with Crippen molar-refractivity contribution >= 4 is 27.6 Å². The topological polar surface area (TPSA) is 103 Å². The summed E-state index contributed by atoms with van der Waals surface area (Å²) in [4.78, 5) is 21.4. The lowest BCUT2D eigenvalue weighted by atomic mass is 10.3. The zero-order valence-electron chi connectivity index (χ0n) is 11.4. The van der Waals surface area contributed by atoms with Crippen LogP contribution < -0.4 is 0 Å². The van der Waals surface area contributed by atoms with E-state index < -0.39 is 10.9 Å². The van der Waals surface area contributed by atoms with Crippen molar-refractivity contribution in [1.29, 1.82) is 0 Å². The predicted molar refractivity (Wildman–Crippen MR) is 77.5 cm³/mol. The summed E-state index contributed by atoms with van der Waals surface area (Å²) >= 11 is 3.42. The number of carbonyl (C=O) groups is 1. The minimum Gasteiger partial charge on any atom is -0.477 e. The molecule has 2 rings (SSSR count). The molecule has 0 aliphatic rings. The number of rotatable bonds is 5. The van der Waals surface area contributed by atoms with E-state index in [1.165, 1.54) is 10.8 Å². The number of carboxylic acids is 1. The second kappa shape index (κ2) is 5.68. The molecule has 0 saturated heterocycles. The smallest absolute Gasteiger partial charge is 0.352 e. The molecule has 2 aromatic heterocycles. The van der Waals surface area contributed by atoms with Gasteiger partial charge < -0.3 is 9.67 Å². The number of hydrogen-bond acceptors (Lipinski definition) is 4. The molecular formula is C12H13BrN4O4. The molecule has 0 atom stereocenters. The summed E-state index contributed by atoms with van der Waals surface area (Å²) in [5.41, 5.74) is 1.17. The van der Waals surface area contributed by atoms with Crippen molar-refractivity contribution in [2.75, 3.05) is 0 Å². The Morgan fingerprint density at radius 3 is 2.76 bits per heavy atom. The fourth-order valence-corrected chi connectivity index (χ4v) is 2.50. The van der Waals surface area contributed by atoms with E-state index in [9.17, 15) is 14.9 Å². The third kappa shape index (κ3) is 2.82. The van der Waals surface area contributed by atoms with Gasteiger partial charge in [0.15, 0.2) is 0 Å². The fraction of sp³-hybridized carbons (Fsp3) is 0.333. The van der Waals surface area contributed by atoms with E-state index in [0.717, 1.165) is 21.9 Å². The van der Waals surface area contributed by atoms with Gasteiger partial charge in [0.05, 0.1) is 33.5 Å². The summed E-state index contributed by atoms with van der Waals surface area (Å²) in [5.74, 6) is -1.21. The maximum absolute atomic E-state index is 11.2. The Morgan fingerprint density at radius 2 is 2.24 bits per heavy atom. The third-order valence-electron chi connectivity index (χ3n) is 3.09. The van der Waals surface area contributed by atoms with Crippen LogP contribution in [-0.2, 0) is 13.1 Å². The SMILES string of the molecule is CCn1nc(C)c(Br)c1Cn1cc([N+](=O)[O-])cc1C(=O)O. The Kier molecular flexibility index (Phi) is 4.12. The van der Waals surface area contributed by atoms with Crippen LogP contribution in [0.1, 0.15) is 28.8 Å². The molecule has 0 aromatic carbocycles. The molecule has 2 aromatic rings. The summed E-state index contributed by atoms with van der Waals surface area (Å²) in [6.07, 6.45) is 1.22. The maximum Gasteiger partial charge on any atom is 0.352 e.